The Hall–Kier alpha value is -2.79. The van der Waals surface area contributed by atoms with Crippen LogP contribution in [-0.2, 0) is 4.79 Å². The number of carbonyl (C=O) groups excluding carboxylic acids is 1. The molecule has 0 saturated carbocycles. The molecule has 28 heavy (non-hydrogen) atoms. The van der Waals surface area contributed by atoms with Gasteiger partial charge in [-0.3, -0.25) is 4.79 Å². The van der Waals surface area contributed by atoms with Crippen LogP contribution in [0.3, 0.4) is 0 Å². The quantitative estimate of drug-likeness (QED) is 0.556. The van der Waals surface area contributed by atoms with E-state index in [0.29, 0.717) is 5.57 Å². The van der Waals surface area contributed by atoms with E-state index < -0.39 is 0 Å². The first kappa shape index (κ1) is 18.6. The summed E-state index contributed by atoms with van der Waals surface area (Å²) in [7, 11) is 0. The summed E-state index contributed by atoms with van der Waals surface area (Å²) in [6.45, 7) is 4.33. The van der Waals surface area contributed by atoms with Crippen LogP contribution in [0.1, 0.15) is 31.2 Å². The van der Waals surface area contributed by atoms with Crippen LogP contribution in [-0.4, -0.2) is 37.0 Å². The van der Waals surface area contributed by atoms with Crippen LogP contribution in [0.5, 0.6) is 5.75 Å². The fourth-order valence-corrected chi connectivity index (χ4v) is 3.75. The number of hydrogen-bond donors (Lipinski definition) is 2. The zero-order valence-electron chi connectivity index (χ0n) is 16.1. The van der Waals surface area contributed by atoms with Gasteiger partial charge in [0.2, 0.25) is 0 Å². The predicted octanol–water partition coefficient (Wildman–Crippen LogP) is 4.35. The monoisotopic (exact) mass is 377 g/mol. The van der Waals surface area contributed by atoms with Gasteiger partial charge < -0.3 is 20.3 Å². The number of rotatable bonds is 7. The molecule has 0 aliphatic carbocycles. The first-order valence-electron chi connectivity index (χ1n) is 10.1. The molecule has 4 rings (SSSR count). The van der Waals surface area contributed by atoms with Crippen molar-refractivity contribution < 1.29 is 9.53 Å². The summed E-state index contributed by atoms with van der Waals surface area (Å²) in [5.41, 5.74) is 3.35. The van der Waals surface area contributed by atoms with Crippen LogP contribution >= 0.6 is 0 Å². The summed E-state index contributed by atoms with van der Waals surface area (Å²) in [5.74, 6) is 0.795. The highest BCUT2D eigenvalue weighted by Gasteiger charge is 2.23. The molecule has 2 N–H and O–H groups in total. The summed E-state index contributed by atoms with van der Waals surface area (Å²) in [5, 5.41) is 6.08. The molecule has 0 spiro atoms. The van der Waals surface area contributed by atoms with Crippen LogP contribution in [0, 0.1) is 0 Å². The highest BCUT2D eigenvalue weighted by molar-refractivity contribution is 6.31. The number of nitrogens with one attached hydrogen (secondary N) is 2. The molecule has 0 aromatic heterocycles. The van der Waals surface area contributed by atoms with Crippen LogP contribution in [0.25, 0.3) is 5.57 Å². The minimum absolute atomic E-state index is 0.0811. The average molecular weight is 377 g/mol. The van der Waals surface area contributed by atoms with E-state index in [1.807, 2.05) is 48.5 Å². The van der Waals surface area contributed by atoms with Crippen molar-refractivity contribution in [3.8, 4) is 5.75 Å². The fourth-order valence-electron chi connectivity index (χ4n) is 3.75. The Morgan fingerprint density at radius 1 is 1.04 bits per heavy atom. The molecule has 0 atom stereocenters. The SMILES string of the molecule is O=C1Nc2ccccc2/C1=C\Nc1ccc(OCCCN2CCCCC2)cc1. The zero-order valence-corrected chi connectivity index (χ0v) is 16.1. The number of fused-ring (bicyclic) bond motifs is 1. The minimum atomic E-state index is -0.0811. The van der Waals surface area contributed by atoms with Crippen molar-refractivity contribution in [2.45, 2.75) is 25.7 Å². The number of piperidine rings is 1. The molecule has 2 aliphatic rings. The topological polar surface area (TPSA) is 53.6 Å². The first-order chi connectivity index (χ1) is 13.8. The molecular formula is C23H27N3O2. The van der Waals surface area contributed by atoms with Crippen molar-refractivity contribution in [3.63, 3.8) is 0 Å². The normalized spacial score (nSPS) is 18.0. The maximum absolute atomic E-state index is 12.1. The molecular weight excluding hydrogens is 350 g/mol. The first-order valence-corrected chi connectivity index (χ1v) is 10.1. The molecule has 2 aromatic rings. The summed E-state index contributed by atoms with van der Waals surface area (Å²) < 4.78 is 5.86. The molecule has 146 valence electrons. The molecule has 2 aliphatic heterocycles. The van der Waals surface area contributed by atoms with Gasteiger partial charge in [-0.25, -0.2) is 0 Å². The lowest BCUT2D eigenvalue weighted by Crippen LogP contribution is -2.31. The second-order valence-electron chi connectivity index (χ2n) is 7.33. The standard InChI is InChI=1S/C23H27N3O2/c27-23-21(20-7-2-3-8-22(20)25-23)17-24-18-9-11-19(12-10-18)28-16-6-15-26-13-4-1-5-14-26/h2-3,7-12,17,24H,1,4-6,13-16H2,(H,25,27)/b21-17+. The number of likely N-dealkylation sites (tertiary alicyclic amines) is 1. The molecule has 2 heterocycles. The maximum Gasteiger partial charge on any atom is 0.257 e. The minimum Gasteiger partial charge on any atom is -0.494 e. The molecule has 0 radical (unpaired) electrons. The lowest BCUT2D eigenvalue weighted by Gasteiger charge is -2.26. The average Bonchev–Trinajstić information content (AvgIpc) is 3.06. The molecule has 1 fully saturated rings. The molecule has 5 heteroatoms. The van der Waals surface area contributed by atoms with Gasteiger partial charge in [-0.05, 0) is 62.7 Å². The van der Waals surface area contributed by atoms with Crippen LogP contribution in [0.4, 0.5) is 11.4 Å². The number of para-hydroxylation sites is 1. The van der Waals surface area contributed by atoms with Crippen LogP contribution in [0.2, 0.25) is 0 Å². The third-order valence-electron chi connectivity index (χ3n) is 5.28. The Morgan fingerprint density at radius 2 is 1.82 bits per heavy atom. The lowest BCUT2D eigenvalue weighted by atomic mass is 10.1. The number of carbonyl (C=O) groups is 1. The van der Waals surface area contributed by atoms with Gasteiger partial charge in [0.15, 0.2) is 0 Å². The van der Waals surface area contributed by atoms with Gasteiger partial charge in [-0.1, -0.05) is 24.6 Å². The third kappa shape index (κ3) is 4.54. The van der Waals surface area contributed by atoms with Crippen LogP contribution < -0.4 is 15.4 Å². The Labute approximate surface area is 166 Å². The van der Waals surface area contributed by atoms with Crippen molar-refractivity contribution in [2.75, 3.05) is 36.9 Å². The van der Waals surface area contributed by atoms with Crippen molar-refractivity contribution in [3.05, 3.63) is 60.3 Å². The van der Waals surface area contributed by atoms with Gasteiger partial charge in [0.05, 0.1) is 12.2 Å². The highest BCUT2D eigenvalue weighted by atomic mass is 16.5. The maximum atomic E-state index is 12.1. The Kier molecular flexibility index (Phi) is 5.92. The van der Waals surface area contributed by atoms with E-state index in [2.05, 4.69) is 15.5 Å². The van der Waals surface area contributed by atoms with Crippen molar-refractivity contribution in [1.29, 1.82) is 0 Å². The van der Waals surface area contributed by atoms with Crippen molar-refractivity contribution in [1.82, 2.24) is 4.90 Å². The number of anilines is 2. The lowest BCUT2D eigenvalue weighted by molar-refractivity contribution is -0.110. The molecule has 2 aromatic carbocycles. The van der Waals surface area contributed by atoms with E-state index in [0.717, 1.165) is 42.3 Å². The van der Waals surface area contributed by atoms with Gasteiger partial charge in [0.25, 0.3) is 5.91 Å². The smallest absolute Gasteiger partial charge is 0.257 e. The summed E-state index contributed by atoms with van der Waals surface area (Å²) in [6, 6.07) is 15.6. The highest BCUT2D eigenvalue weighted by Crippen LogP contribution is 2.31. The van der Waals surface area contributed by atoms with Gasteiger partial charge in [-0.2, -0.15) is 0 Å². The Morgan fingerprint density at radius 3 is 2.64 bits per heavy atom. The van der Waals surface area contributed by atoms with Crippen LogP contribution in [0.15, 0.2) is 54.7 Å². The second-order valence-corrected chi connectivity index (χ2v) is 7.33. The number of amides is 1. The number of nitrogens with zero attached hydrogens (tertiary/aromatic N) is 1. The Balaban J connectivity index is 1.26. The third-order valence-corrected chi connectivity index (χ3v) is 5.28. The van der Waals surface area contributed by atoms with E-state index in [1.54, 1.807) is 6.20 Å². The van der Waals surface area contributed by atoms with Crippen molar-refractivity contribution >= 4 is 22.9 Å². The van der Waals surface area contributed by atoms with Gasteiger partial charge >= 0.3 is 0 Å². The number of hydrogen-bond acceptors (Lipinski definition) is 4. The molecule has 0 unspecified atom stereocenters. The van der Waals surface area contributed by atoms with Gasteiger partial charge in [-0.15, -0.1) is 0 Å². The fraction of sp³-hybridized carbons (Fsp3) is 0.348. The number of benzene rings is 2. The van der Waals surface area contributed by atoms with Crippen molar-refractivity contribution in [2.24, 2.45) is 0 Å². The Bertz CT molecular complexity index is 839. The van der Waals surface area contributed by atoms with E-state index in [-0.39, 0.29) is 5.91 Å². The molecule has 1 saturated heterocycles. The summed E-state index contributed by atoms with van der Waals surface area (Å²) in [4.78, 5) is 14.7. The van der Waals surface area contributed by atoms with E-state index >= 15 is 0 Å². The molecule has 1 amide bonds. The van der Waals surface area contributed by atoms with E-state index in [1.165, 1.54) is 32.4 Å². The second kappa shape index (κ2) is 8.93. The summed E-state index contributed by atoms with van der Waals surface area (Å²) >= 11 is 0. The van der Waals surface area contributed by atoms with E-state index in [4.69, 9.17) is 4.74 Å². The van der Waals surface area contributed by atoms with Gasteiger partial charge in [0.1, 0.15) is 5.75 Å². The summed E-state index contributed by atoms with van der Waals surface area (Å²) in [6.07, 6.45) is 6.86. The van der Waals surface area contributed by atoms with E-state index in [9.17, 15) is 4.79 Å². The zero-order chi connectivity index (χ0) is 19.2. The molecule has 0 bridgehead atoms. The largest absolute Gasteiger partial charge is 0.494 e. The van der Waals surface area contributed by atoms with Gasteiger partial charge in [0, 0.05) is 29.7 Å². The molecule has 5 nitrogen and oxygen atoms in total. The predicted molar refractivity (Wildman–Crippen MR) is 114 cm³/mol. The number of ether oxygens (including phenoxy) is 1.